The van der Waals surface area contributed by atoms with Crippen molar-refractivity contribution in [3.8, 4) is 11.5 Å². The molecule has 0 aliphatic carbocycles. The third-order valence-corrected chi connectivity index (χ3v) is 8.77. The number of hydrogen-bond acceptors (Lipinski definition) is 4. The quantitative estimate of drug-likeness (QED) is 0.161. The highest BCUT2D eigenvalue weighted by Crippen LogP contribution is 2.36. The summed E-state index contributed by atoms with van der Waals surface area (Å²) in [5, 5.41) is 10.5. The average Bonchev–Trinajstić information content (AvgIpc) is 3.38. The molecule has 1 aliphatic rings. The molecule has 4 aromatic rings. The summed E-state index contributed by atoms with van der Waals surface area (Å²) in [6.45, 7) is 7.96. The normalized spacial score (nSPS) is 12.8. The van der Waals surface area contributed by atoms with E-state index in [-0.39, 0.29) is 11.7 Å². The molecular weight excluding hydrogens is 528 g/mol. The summed E-state index contributed by atoms with van der Waals surface area (Å²) in [6.07, 6.45) is 0.963. The average molecular weight is 568 g/mol. The smallest absolute Gasteiger partial charge is 0.254 e. The predicted molar refractivity (Wildman–Crippen MR) is 165 cm³/mol. The predicted octanol–water partition coefficient (Wildman–Crippen LogP) is 7.36. The molecule has 1 aliphatic heterocycles. The Morgan fingerprint density at radius 3 is 2.46 bits per heavy atom. The Balaban J connectivity index is 1.16. The van der Waals surface area contributed by atoms with E-state index in [0.717, 1.165) is 45.8 Å². The topological polar surface area (TPSA) is 49.8 Å². The molecule has 1 amide bonds. The highest BCUT2D eigenvalue weighted by molar-refractivity contribution is 7.99. The maximum absolute atomic E-state index is 13.5. The Morgan fingerprint density at radius 2 is 1.68 bits per heavy atom. The largest absolute Gasteiger partial charge is 0.507 e. The molecule has 0 saturated carbocycles. The van der Waals surface area contributed by atoms with Gasteiger partial charge < -0.3 is 19.2 Å². The molecule has 4 aromatic carbocycles. The maximum Gasteiger partial charge on any atom is 0.254 e. The molecule has 0 unspecified atom stereocenters. The monoisotopic (exact) mass is 567 g/mol. The Bertz CT molecular complexity index is 1530. The zero-order valence-electron chi connectivity index (χ0n) is 24.4. The van der Waals surface area contributed by atoms with Crippen LogP contribution < -0.4 is 4.74 Å². The van der Waals surface area contributed by atoms with E-state index >= 15 is 0 Å². The van der Waals surface area contributed by atoms with Gasteiger partial charge in [0.1, 0.15) is 18.0 Å². The number of quaternary nitrogens is 1. The second kappa shape index (κ2) is 12.4. The Kier molecular flexibility index (Phi) is 8.71. The molecule has 0 saturated heterocycles. The van der Waals surface area contributed by atoms with Crippen LogP contribution in [0.25, 0.3) is 0 Å². The summed E-state index contributed by atoms with van der Waals surface area (Å²) in [6, 6.07) is 28.1. The first-order chi connectivity index (χ1) is 19.7. The first-order valence-corrected chi connectivity index (χ1v) is 15.0. The van der Waals surface area contributed by atoms with Crippen LogP contribution in [-0.2, 0) is 19.6 Å². The molecule has 1 heterocycles. The number of aryl methyl sites for hydroxylation is 2. The molecule has 5 rings (SSSR count). The van der Waals surface area contributed by atoms with E-state index in [0.29, 0.717) is 30.2 Å². The van der Waals surface area contributed by atoms with Crippen LogP contribution in [0.3, 0.4) is 0 Å². The number of ether oxygens (including phenoxy) is 1. The highest BCUT2D eigenvalue weighted by atomic mass is 32.2. The zero-order chi connectivity index (χ0) is 29.0. The van der Waals surface area contributed by atoms with Gasteiger partial charge in [0.05, 0.1) is 32.1 Å². The minimum Gasteiger partial charge on any atom is -0.507 e. The highest BCUT2D eigenvalue weighted by Gasteiger charge is 2.25. The van der Waals surface area contributed by atoms with E-state index < -0.39 is 0 Å². The van der Waals surface area contributed by atoms with Crippen LogP contribution in [0.5, 0.6) is 11.5 Å². The number of amides is 1. The lowest BCUT2D eigenvalue weighted by Gasteiger charge is -2.30. The molecular formula is C35H39N2O3S+. The van der Waals surface area contributed by atoms with Crippen LogP contribution in [0.1, 0.15) is 44.6 Å². The molecule has 0 atom stereocenters. The van der Waals surface area contributed by atoms with Crippen LogP contribution in [-0.4, -0.2) is 47.6 Å². The lowest BCUT2D eigenvalue weighted by Crippen LogP contribution is -2.40. The molecule has 1 N–H and O–H groups in total. The fraction of sp³-hybridized carbons (Fsp3) is 0.286. The van der Waals surface area contributed by atoms with Gasteiger partial charge in [-0.25, -0.2) is 0 Å². The third-order valence-electron chi connectivity index (χ3n) is 7.73. The molecule has 0 aromatic heterocycles. The van der Waals surface area contributed by atoms with Gasteiger partial charge in [-0.2, -0.15) is 0 Å². The van der Waals surface area contributed by atoms with Crippen molar-refractivity contribution in [3.05, 3.63) is 118 Å². The van der Waals surface area contributed by atoms with E-state index in [1.165, 1.54) is 28.5 Å². The number of carbonyl (C=O) groups excluding carboxylic acids is 1. The van der Waals surface area contributed by atoms with E-state index in [1.54, 1.807) is 18.2 Å². The van der Waals surface area contributed by atoms with Gasteiger partial charge in [-0.1, -0.05) is 54.2 Å². The van der Waals surface area contributed by atoms with E-state index in [1.807, 2.05) is 17.0 Å². The lowest BCUT2D eigenvalue weighted by atomic mass is 10.1. The molecule has 41 heavy (non-hydrogen) atoms. The lowest BCUT2D eigenvalue weighted by molar-refractivity contribution is -0.903. The van der Waals surface area contributed by atoms with Crippen molar-refractivity contribution < 1.29 is 19.1 Å². The van der Waals surface area contributed by atoms with Crippen molar-refractivity contribution in [1.82, 2.24) is 4.90 Å². The van der Waals surface area contributed by atoms with E-state index in [4.69, 9.17) is 4.74 Å². The first-order valence-electron chi connectivity index (χ1n) is 14.1. The second-order valence-electron chi connectivity index (χ2n) is 11.6. The number of phenolic OH excluding ortho intramolecular Hbond substituents is 1. The summed E-state index contributed by atoms with van der Waals surface area (Å²) >= 11 is 1.47. The van der Waals surface area contributed by atoms with Crippen LogP contribution in [0.4, 0.5) is 0 Å². The number of rotatable bonds is 10. The van der Waals surface area contributed by atoms with Crippen molar-refractivity contribution in [3.63, 3.8) is 0 Å². The zero-order valence-corrected chi connectivity index (χ0v) is 25.2. The van der Waals surface area contributed by atoms with Crippen LogP contribution in [0.2, 0.25) is 0 Å². The Labute approximate surface area is 248 Å². The number of carbonyl (C=O) groups is 1. The fourth-order valence-electron chi connectivity index (χ4n) is 5.26. The van der Waals surface area contributed by atoms with Gasteiger partial charge in [-0.3, -0.25) is 4.79 Å². The van der Waals surface area contributed by atoms with Crippen LogP contribution in [0, 0.1) is 13.8 Å². The number of aromatic hydroxyl groups is 1. The number of phenols is 1. The number of fused-ring (bicyclic) bond motifs is 1. The molecule has 0 fully saturated rings. The molecule has 6 heteroatoms. The summed E-state index contributed by atoms with van der Waals surface area (Å²) < 4.78 is 7.03. The molecule has 0 bridgehead atoms. The SMILES string of the molecule is Cc1ccc(Sc2cc(C(=O)N3Cc4ccc(OCCC[N+](C)(C)Cc5ccccc5)cc4C3)ccc2O)cc1C. The molecule has 212 valence electrons. The summed E-state index contributed by atoms with van der Waals surface area (Å²) in [4.78, 5) is 17.0. The summed E-state index contributed by atoms with van der Waals surface area (Å²) in [7, 11) is 4.51. The number of nitrogens with zero attached hydrogens (tertiary/aromatic N) is 2. The number of benzene rings is 4. The van der Waals surface area contributed by atoms with Gasteiger partial charge in [-0.05, 0) is 78.6 Å². The standard InChI is InChI=1S/C35H38N2O3S/c1-25-11-15-32(19-26(25)2)41-34-21-28(13-16-33(34)38)35(39)36-22-29-12-14-31(20-30(29)23-36)40-18-8-17-37(3,4)24-27-9-6-5-7-10-27/h5-7,9-16,19-21H,8,17-18,22-24H2,1-4H3/p+1. The van der Waals surface area contributed by atoms with Crippen molar-refractivity contribution in [1.29, 1.82) is 0 Å². The summed E-state index contributed by atoms with van der Waals surface area (Å²) in [5.74, 6) is 0.991. The minimum absolute atomic E-state index is 0.0379. The summed E-state index contributed by atoms with van der Waals surface area (Å²) in [5.41, 5.74) is 6.63. The van der Waals surface area contributed by atoms with Gasteiger partial charge in [0, 0.05) is 35.5 Å². The van der Waals surface area contributed by atoms with Crippen molar-refractivity contribution in [2.75, 3.05) is 27.2 Å². The van der Waals surface area contributed by atoms with Gasteiger partial charge in [0.15, 0.2) is 0 Å². The van der Waals surface area contributed by atoms with Crippen molar-refractivity contribution in [2.45, 2.75) is 49.7 Å². The second-order valence-corrected chi connectivity index (χ2v) is 12.7. The molecule has 5 nitrogen and oxygen atoms in total. The Morgan fingerprint density at radius 1 is 0.902 bits per heavy atom. The van der Waals surface area contributed by atoms with Gasteiger partial charge in [0.25, 0.3) is 5.91 Å². The van der Waals surface area contributed by atoms with E-state index in [9.17, 15) is 9.90 Å². The first kappa shape index (κ1) is 28.8. The fourth-order valence-corrected chi connectivity index (χ4v) is 6.24. The van der Waals surface area contributed by atoms with Gasteiger partial charge in [-0.15, -0.1) is 0 Å². The molecule has 0 radical (unpaired) electrons. The van der Waals surface area contributed by atoms with Crippen LogP contribution >= 0.6 is 11.8 Å². The third kappa shape index (κ3) is 7.32. The van der Waals surface area contributed by atoms with E-state index in [2.05, 4.69) is 82.5 Å². The maximum atomic E-state index is 13.5. The van der Waals surface area contributed by atoms with Crippen molar-refractivity contribution in [2.24, 2.45) is 0 Å². The van der Waals surface area contributed by atoms with Gasteiger partial charge >= 0.3 is 0 Å². The number of hydrogen-bond donors (Lipinski definition) is 1. The van der Waals surface area contributed by atoms with Crippen LogP contribution in [0.15, 0.2) is 94.7 Å². The van der Waals surface area contributed by atoms with Gasteiger partial charge in [0.2, 0.25) is 0 Å². The minimum atomic E-state index is -0.0379. The molecule has 0 spiro atoms. The Hall–Kier alpha value is -3.74. The van der Waals surface area contributed by atoms with Crippen molar-refractivity contribution >= 4 is 17.7 Å².